The Balaban J connectivity index is 2.19. The summed E-state index contributed by atoms with van der Waals surface area (Å²) in [7, 11) is 0. The van der Waals surface area contributed by atoms with E-state index in [0.717, 1.165) is 15.5 Å². The lowest BCUT2D eigenvalue weighted by atomic mass is 10.0. The van der Waals surface area contributed by atoms with Crippen LogP contribution < -0.4 is 5.32 Å². The molecule has 0 bridgehead atoms. The number of hydrogen-bond acceptors (Lipinski definition) is 1. The quantitative estimate of drug-likeness (QED) is 0.802. The Hall–Kier alpha value is 0.140. The number of benzene rings is 1. The summed E-state index contributed by atoms with van der Waals surface area (Å²) in [5.41, 5.74) is 1.39. The molecule has 0 aliphatic carbocycles. The highest BCUT2D eigenvalue weighted by Gasteiger charge is 2.14. The highest BCUT2D eigenvalue weighted by atomic mass is 79.9. The fourth-order valence-electron chi connectivity index (χ4n) is 2.09. The minimum Gasteiger partial charge on any atom is -0.310 e. The van der Waals surface area contributed by atoms with Crippen molar-refractivity contribution in [3.05, 3.63) is 32.7 Å². The van der Waals surface area contributed by atoms with Crippen LogP contribution in [0, 0.1) is 0 Å². The predicted octanol–water partition coefficient (Wildman–Crippen LogP) is 4.42. The molecule has 0 spiro atoms. The monoisotopic (exact) mass is 331 g/mol. The second-order valence-corrected chi connectivity index (χ2v) is 5.89. The van der Waals surface area contributed by atoms with Crippen molar-refractivity contribution in [3.63, 3.8) is 0 Å². The minimum atomic E-state index is 0.529. The first-order valence-corrected chi connectivity index (χ1v) is 7.04. The second kappa shape index (κ2) is 5.46. The van der Waals surface area contributed by atoms with Crippen LogP contribution in [-0.2, 0) is 0 Å². The van der Waals surface area contributed by atoms with Gasteiger partial charge in [0.15, 0.2) is 0 Å². The molecule has 1 fully saturated rings. The molecule has 1 heterocycles. The lowest BCUT2D eigenvalue weighted by Gasteiger charge is -2.16. The van der Waals surface area contributed by atoms with Crippen LogP contribution in [0.4, 0.5) is 0 Å². The molecule has 0 aromatic heterocycles. The largest absolute Gasteiger partial charge is 0.310 e. The van der Waals surface area contributed by atoms with Gasteiger partial charge < -0.3 is 5.32 Å². The van der Waals surface area contributed by atoms with E-state index >= 15 is 0 Å². The molecule has 82 valence electrons. The molecule has 0 radical (unpaired) electrons. The number of rotatable bonds is 1. The normalized spacial score (nSPS) is 22.4. The van der Waals surface area contributed by atoms with Crippen molar-refractivity contribution in [1.82, 2.24) is 5.32 Å². The zero-order valence-corrected chi connectivity index (χ0v) is 11.8. The van der Waals surface area contributed by atoms with Crippen LogP contribution in [0.5, 0.6) is 0 Å². The molecule has 1 aromatic carbocycles. The van der Waals surface area contributed by atoms with Gasteiger partial charge in [-0.2, -0.15) is 0 Å². The topological polar surface area (TPSA) is 12.0 Å². The van der Waals surface area contributed by atoms with Crippen molar-refractivity contribution in [2.45, 2.75) is 31.7 Å². The summed E-state index contributed by atoms with van der Waals surface area (Å²) in [5.74, 6) is 0. The third kappa shape index (κ3) is 3.30. The summed E-state index contributed by atoms with van der Waals surface area (Å²) in [6, 6.07) is 7.04. The molecule has 0 amide bonds. The van der Waals surface area contributed by atoms with Crippen LogP contribution in [0.2, 0.25) is 0 Å². The van der Waals surface area contributed by atoms with Gasteiger partial charge in [-0.3, -0.25) is 0 Å². The van der Waals surface area contributed by atoms with Crippen LogP contribution in [0.3, 0.4) is 0 Å². The van der Waals surface area contributed by atoms with Crippen molar-refractivity contribution >= 4 is 31.9 Å². The first-order valence-electron chi connectivity index (χ1n) is 5.45. The van der Waals surface area contributed by atoms with E-state index in [-0.39, 0.29) is 0 Å². The lowest BCUT2D eigenvalue weighted by molar-refractivity contribution is 0.534. The molecule has 1 nitrogen and oxygen atoms in total. The Morgan fingerprint density at radius 3 is 2.47 bits per heavy atom. The van der Waals surface area contributed by atoms with Crippen LogP contribution in [0.25, 0.3) is 0 Å². The summed E-state index contributed by atoms with van der Waals surface area (Å²) in [6.07, 6.45) is 5.26. The maximum absolute atomic E-state index is 3.61. The Bertz CT molecular complexity index is 310. The van der Waals surface area contributed by atoms with Gasteiger partial charge in [-0.1, -0.05) is 44.7 Å². The Kier molecular flexibility index (Phi) is 4.23. The lowest BCUT2D eigenvalue weighted by Crippen LogP contribution is -2.20. The molecule has 15 heavy (non-hydrogen) atoms. The highest BCUT2D eigenvalue weighted by molar-refractivity contribution is 9.11. The van der Waals surface area contributed by atoms with Crippen LogP contribution in [0.15, 0.2) is 27.1 Å². The van der Waals surface area contributed by atoms with Gasteiger partial charge in [0.1, 0.15) is 0 Å². The van der Waals surface area contributed by atoms with Gasteiger partial charge in [-0.15, -0.1) is 0 Å². The number of halogens is 2. The van der Waals surface area contributed by atoms with Crippen molar-refractivity contribution in [2.24, 2.45) is 0 Å². The molecular formula is C12H15Br2N. The van der Waals surface area contributed by atoms with Crippen LogP contribution >= 0.6 is 31.9 Å². The van der Waals surface area contributed by atoms with Gasteiger partial charge >= 0.3 is 0 Å². The van der Waals surface area contributed by atoms with Crippen molar-refractivity contribution < 1.29 is 0 Å². The molecule has 3 heteroatoms. The van der Waals surface area contributed by atoms with Crippen molar-refractivity contribution in [3.8, 4) is 0 Å². The Morgan fingerprint density at radius 1 is 1.00 bits per heavy atom. The summed E-state index contributed by atoms with van der Waals surface area (Å²) < 4.78 is 2.30. The predicted molar refractivity (Wildman–Crippen MR) is 71.1 cm³/mol. The van der Waals surface area contributed by atoms with Gasteiger partial charge in [0.05, 0.1) is 0 Å². The Morgan fingerprint density at radius 2 is 1.73 bits per heavy atom. The average molecular weight is 333 g/mol. The van der Waals surface area contributed by atoms with E-state index in [0.29, 0.717) is 6.04 Å². The van der Waals surface area contributed by atoms with Gasteiger partial charge in [-0.25, -0.2) is 0 Å². The standard InChI is InChI=1S/C12H15Br2N/c13-10-6-9(7-11(14)8-10)12-4-2-1-3-5-15-12/h6-8,12,15H,1-5H2. The maximum Gasteiger partial charge on any atom is 0.0321 e. The van der Waals surface area contributed by atoms with E-state index in [2.05, 4.69) is 55.4 Å². The minimum absolute atomic E-state index is 0.529. The maximum atomic E-state index is 3.61. The number of nitrogens with one attached hydrogen (secondary N) is 1. The van der Waals surface area contributed by atoms with Crippen LogP contribution in [-0.4, -0.2) is 6.54 Å². The Labute approximate surface area is 108 Å². The third-order valence-corrected chi connectivity index (χ3v) is 3.76. The molecule has 1 unspecified atom stereocenters. The zero-order chi connectivity index (χ0) is 10.7. The molecular weight excluding hydrogens is 318 g/mol. The highest BCUT2D eigenvalue weighted by Crippen LogP contribution is 2.28. The molecule has 2 rings (SSSR count). The third-order valence-electron chi connectivity index (χ3n) is 2.85. The van der Waals surface area contributed by atoms with Crippen molar-refractivity contribution in [2.75, 3.05) is 6.54 Å². The van der Waals surface area contributed by atoms with Gasteiger partial charge in [0.25, 0.3) is 0 Å². The first kappa shape index (κ1) is 11.6. The number of hydrogen-bond donors (Lipinski definition) is 1. The van der Waals surface area contributed by atoms with Gasteiger partial charge in [0, 0.05) is 15.0 Å². The van der Waals surface area contributed by atoms with E-state index in [4.69, 9.17) is 0 Å². The molecule has 1 N–H and O–H groups in total. The molecule has 1 aliphatic heterocycles. The molecule has 1 aliphatic rings. The zero-order valence-electron chi connectivity index (χ0n) is 8.60. The molecule has 0 saturated carbocycles. The summed E-state index contributed by atoms with van der Waals surface area (Å²) in [4.78, 5) is 0. The SMILES string of the molecule is Brc1cc(Br)cc(C2CCCCCN2)c1. The van der Waals surface area contributed by atoms with E-state index in [9.17, 15) is 0 Å². The van der Waals surface area contributed by atoms with E-state index in [1.807, 2.05) is 0 Å². The van der Waals surface area contributed by atoms with Gasteiger partial charge in [0.2, 0.25) is 0 Å². The molecule has 1 aromatic rings. The second-order valence-electron chi connectivity index (χ2n) is 4.06. The summed E-state index contributed by atoms with van der Waals surface area (Å²) in [6.45, 7) is 1.15. The first-order chi connectivity index (χ1) is 7.25. The van der Waals surface area contributed by atoms with E-state index < -0.39 is 0 Å². The summed E-state index contributed by atoms with van der Waals surface area (Å²) in [5, 5.41) is 3.61. The molecule has 1 atom stereocenters. The van der Waals surface area contributed by atoms with E-state index in [1.165, 1.54) is 31.2 Å². The fourth-order valence-corrected chi connectivity index (χ4v) is 3.42. The molecule has 1 saturated heterocycles. The smallest absolute Gasteiger partial charge is 0.0321 e. The van der Waals surface area contributed by atoms with Crippen molar-refractivity contribution in [1.29, 1.82) is 0 Å². The van der Waals surface area contributed by atoms with Gasteiger partial charge in [-0.05, 0) is 43.1 Å². The fraction of sp³-hybridized carbons (Fsp3) is 0.500. The average Bonchev–Trinajstić information content (AvgIpc) is 2.43. The van der Waals surface area contributed by atoms with Crippen LogP contribution in [0.1, 0.15) is 37.3 Å². The van der Waals surface area contributed by atoms with E-state index in [1.54, 1.807) is 0 Å². The summed E-state index contributed by atoms with van der Waals surface area (Å²) >= 11 is 7.08.